The molecule has 160 valence electrons. The Morgan fingerprint density at radius 2 is 1.65 bits per heavy atom. The molecule has 0 aliphatic rings. The summed E-state index contributed by atoms with van der Waals surface area (Å²) in [5, 5.41) is 13.9. The standard InChI is InChI=1S/C21H18ClN3O5S/c1-13-3-5-16(22)12-19(13)24-31(29,30)18-8-6-17(7-9-18)23-21(26)15-4-10-20(25(27)28)14(2)11-15/h3-12,24H,1-2H3,(H,23,26). The van der Waals surface area contributed by atoms with Crippen molar-refractivity contribution in [2.24, 2.45) is 0 Å². The monoisotopic (exact) mass is 459 g/mol. The Labute approximate surface area is 184 Å². The van der Waals surface area contributed by atoms with Gasteiger partial charge < -0.3 is 5.32 Å². The second-order valence-corrected chi connectivity index (χ2v) is 8.92. The summed E-state index contributed by atoms with van der Waals surface area (Å²) in [6.07, 6.45) is 0. The molecule has 3 aromatic carbocycles. The van der Waals surface area contributed by atoms with E-state index < -0.39 is 20.9 Å². The maximum atomic E-state index is 12.6. The van der Waals surface area contributed by atoms with Crippen molar-refractivity contribution in [2.45, 2.75) is 18.7 Å². The van der Waals surface area contributed by atoms with Crippen molar-refractivity contribution in [2.75, 3.05) is 10.0 Å². The molecular weight excluding hydrogens is 442 g/mol. The minimum atomic E-state index is -3.85. The lowest BCUT2D eigenvalue weighted by Crippen LogP contribution is -2.15. The molecule has 0 aromatic heterocycles. The maximum Gasteiger partial charge on any atom is 0.272 e. The largest absolute Gasteiger partial charge is 0.322 e. The number of rotatable bonds is 6. The van der Waals surface area contributed by atoms with E-state index in [0.29, 0.717) is 22.0 Å². The Morgan fingerprint density at radius 3 is 2.26 bits per heavy atom. The van der Waals surface area contributed by atoms with Crippen molar-refractivity contribution in [1.82, 2.24) is 0 Å². The van der Waals surface area contributed by atoms with Gasteiger partial charge in [-0.15, -0.1) is 0 Å². The van der Waals surface area contributed by atoms with Crippen LogP contribution in [0.5, 0.6) is 0 Å². The highest BCUT2D eigenvalue weighted by Gasteiger charge is 2.17. The number of amides is 1. The van der Waals surface area contributed by atoms with Gasteiger partial charge in [-0.05, 0) is 67.9 Å². The highest BCUT2D eigenvalue weighted by atomic mass is 35.5. The van der Waals surface area contributed by atoms with E-state index in [-0.39, 0.29) is 16.1 Å². The van der Waals surface area contributed by atoms with Crippen LogP contribution in [0.2, 0.25) is 5.02 Å². The van der Waals surface area contributed by atoms with Gasteiger partial charge in [0.1, 0.15) is 0 Å². The molecule has 10 heteroatoms. The van der Waals surface area contributed by atoms with Crippen molar-refractivity contribution in [1.29, 1.82) is 0 Å². The van der Waals surface area contributed by atoms with Crippen molar-refractivity contribution in [3.05, 3.63) is 92.5 Å². The van der Waals surface area contributed by atoms with Gasteiger partial charge in [0.2, 0.25) is 0 Å². The van der Waals surface area contributed by atoms with Crippen LogP contribution in [0.3, 0.4) is 0 Å². The van der Waals surface area contributed by atoms with Crippen LogP contribution < -0.4 is 10.0 Å². The Hall–Kier alpha value is -3.43. The SMILES string of the molecule is Cc1ccc(Cl)cc1NS(=O)(=O)c1ccc(NC(=O)c2ccc([N+](=O)[O-])c(C)c2)cc1. The first-order valence-electron chi connectivity index (χ1n) is 9.02. The van der Waals surface area contributed by atoms with Crippen molar-refractivity contribution in [3.8, 4) is 0 Å². The summed E-state index contributed by atoms with van der Waals surface area (Å²) in [6.45, 7) is 3.30. The van der Waals surface area contributed by atoms with Gasteiger partial charge in [-0.1, -0.05) is 17.7 Å². The van der Waals surface area contributed by atoms with E-state index in [2.05, 4.69) is 10.0 Å². The number of hydrogen-bond donors (Lipinski definition) is 2. The smallest absolute Gasteiger partial charge is 0.272 e. The number of anilines is 2. The van der Waals surface area contributed by atoms with Crippen LogP contribution >= 0.6 is 11.6 Å². The van der Waals surface area contributed by atoms with Crippen molar-refractivity contribution >= 4 is 44.6 Å². The van der Waals surface area contributed by atoms with E-state index in [1.807, 2.05) is 0 Å². The summed E-state index contributed by atoms with van der Waals surface area (Å²) in [6, 6.07) is 14.6. The first-order valence-corrected chi connectivity index (χ1v) is 10.9. The molecule has 3 aromatic rings. The van der Waals surface area contributed by atoms with Gasteiger partial charge in [0.25, 0.3) is 21.6 Å². The van der Waals surface area contributed by atoms with E-state index in [1.165, 1.54) is 48.5 Å². The number of halogens is 1. The molecule has 1 amide bonds. The molecule has 0 spiro atoms. The zero-order chi connectivity index (χ0) is 22.8. The predicted octanol–water partition coefficient (Wildman–Crippen LogP) is 4.92. The van der Waals surface area contributed by atoms with Gasteiger partial charge in [0.05, 0.1) is 15.5 Å². The highest BCUT2D eigenvalue weighted by Crippen LogP contribution is 2.24. The van der Waals surface area contributed by atoms with Crippen LogP contribution in [0, 0.1) is 24.0 Å². The van der Waals surface area contributed by atoms with Crippen LogP contribution in [-0.4, -0.2) is 19.2 Å². The molecular formula is C21H18ClN3O5S. The molecule has 2 N–H and O–H groups in total. The van der Waals surface area contributed by atoms with Crippen LogP contribution in [0.25, 0.3) is 0 Å². The number of carbonyl (C=O) groups is 1. The number of nitro groups is 1. The lowest BCUT2D eigenvalue weighted by atomic mass is 10.1. The number of benzene rings is 3. The second-order valence-electron chi connectivity index (χ2n) is 6.80. The van der Waals surface area contributed by atoms with Crippen molar-refractivity contribution < 1.29 is 18.1 Å². The van der Waals surface area contributed by atoms with E-state index in [9.17, 15) is 23.3 Å². The van der Waals surface area contributed by atoms with Gasteiger partial charge in [-0.25, -0.2) is 8.42 Å². The Bertz CT molecular complexity index is 1270. The fraction of sp³-hybridized carbons (Fsp3) is 0.0952. The van der Waals surface area contributed by atoms with Gasteiger partial charge >= 0.3 is 0 Å². The van der Waals surface area contributed by atoms with Gasteiger partial charge in [0.15, 0.2) is 0 Å². The summed E-state index contributed by atoms with van der Waals surface area (Å²) in [4.78, 5) is 22.8. The lowest BCUT2D eigenvalue weighted by molar-refractivity contribution is -0.385. The third-order valence-corrected chi connectivity index (χ3v) is 6.14. The fourth-order valence-corrected chi connectivity index (χ4v) is 4.12. The lowest BCUT2D eigenvalue weighted by Gasteiger charge is -2.12. The molecule has 0 heterocycles. The molecule has 31 heavy (non-hydrogen) atoms. The minimum absolute atomic E-state index is 0.0102. The second kappa shape index (κ2) is 8.75. The number of aryl methyl sites for hydroxylation is 2. The Morgan fingerprint density at radius 1 is 0.968 bits per heavy atom. The molecule has 0 bridgehead atoms. The number of nitrogens with zero attached hydrogens (tertiary/aromatic N) is 1. The first kappa shape index (κ1) is 22.3. The molecule has 0 aliphatic heterocycles. The van der Waals surface area contributed by atoms with Gasteiger partial charge in [-0.2, -0.15) is 0 Å². The zero-order valence-electron chi connectivity index (χ0n) is 16.5. The summed E-state index contributed by atoms with van der Waals surface area (Å²) in [7, 11) is -3.85. The molecule has 0 saturated heterocycles. The van der Waals surface area contributed by atoms with Crippen molar-refractivity contribution in [3.63, 3.8) is 0 Å². The molecule has 0 aliphatic carbocycles. The maximum absolute atomic E-state index is 12.6. The molecule has 0 atom stereocenters. The van der Waals surface area contributed by atoms with E-state index in [0.717, 1.165) is 5.56 Å². The third kappa shape index (κ3) is 5.19. The third-order valence-electron chi connectivity index (χ3n) is 4.52. The number of nitrogens with one attached hydrogen (secondary N) is 2. The molecule has 8 nitrogen and oxygen atoms in total. The average Bonchev–Trinajstić information content (AvgIpc) is 2.70. The number of hydrogen-bond acceptors (Lipinski definition) is 5. The van der Waals surface area contributed by atoms with Gasteiger partial charge in [0, 0.05) is 27.9 Å². The topological polar surface area (TPSA) is 118 Å². The predicted molar refractivity (Wildman–Crippen MR) is 119 cm³/mol. The van der Waals surface area contributed by atoms with E-state index in [1.54, 1.807) is 26.0 Å². The summed E-state index contributed by atoms with van der Waals surface area (Å²) >= 11 is 5.94. The molecule has 0 saturated carbocycles. The number of carbonyl (C=O) groups excluding carboxylic acids is 1. The summed E-state index contributed by atoms with van der Waals surface area (Å²) in [5.41, 5.74) is 2.00. The molecule has 0 radical (unpaired) electrons. The van der Waals surface area contributed by atoms with Crippen LogP contribution in [0.15, 0.2) is 65.6 Å². The normalized spacial score (nSPS) is 11.1. The van der Waals surface area contributed by atoms with E-state index >= 15 is 0 Å². The van der Waals surface area contributed by atoms with Crippen LogP contribution in [-0.2, 0) is 10.0 Å². The van der Waals surface area contributed by atoms with Crippen LogP contribution in [0.1, 0.15) is 21.5 Å². The van der Waals surface area contributed by atoms with Gasteiger partial charge in [-0.3, -0.25) is 19.6 Å². The minimum Gasteiger partial charge on any atom is -0.322 e. The zero-order valence-corrected chi connectivity index (χ0v) is 18.1. The number of sulfonamides is 1. The average molecular weight is 460 g/mol. The molecule has 0 fully saturated rings. The quantitative estimate of drug-likeness (QED) is 0.400. The van der Waals surface area contributed by atoms with E-state index in [4.69, 9.17) is 11.6 Å². The molecule has 0 unspecified atom stereocenters. The first-order chi connectivity index (χ1) is 14.6. The molecule has 3 rings (SSSR count). The Balaban J connectivity index is 1.75. The summed E-state index contributed by atoms with van der Waals surface area (Å²) < 4.78 is 27.8. The fourth-order valence-electron chi connectivity index (χ4n) is 2.83. The van der Waals surface area contributed by atoms with Crippen LogP contribution in [0.4, 0.5) is 17.1 Å². The number of nitro benzene ring substituents is 1. The summed E-state index contributed by atoms with van der Waals surface area (Å²) in [5.74, 6) is -0.471. The Kier molecular flexibility index (Phi) is 6.28. The highest BCUT2D eigenvalue weighted by molar-refractivity contribution is 7.92.